The molecule has 0 unspecified atom stereocenters. The minimum absolute atomic E-state index is 0.0236. The van der Waals surface area contributed by atoms with Crippen LogP contribution in [0.3, 0.4) is 0 Å². The second-order valence-corrected chi connectivity index (χ2v) is 8.54. The van der Waals surface area contributed by atoms with Gasteiger partial charge in [-0.25, -0.2) is 0 Å². The summed E-state index contributed by atoms with van der Waals surface area (Å²) in [6.45, 7) is 0.845. The molecule has 2 fully saturated rings. The molecule has 2 saturated heterocycles. The summed E-state index contributed by atoms with van der Waals surface area (Å²) in [6, 6.07) is 10.4. The molecule has 0 radical (unpaired) electrons. The highest BCUT2D eigenvalue weighted by atomic mass is 35.5. The Hall–Kier alpha value is -2.05. The number of ether oxygens (including phenoxy) is 1. The van der Waals surface area contributed by atoms with E-state index in [0.717, 1.165) is 12.8 Å². The van der Waals surface area contributed by atoms with Crippen molar-refractivity contribution >= 4 is 52.3 Å². The smallest absolute Gasteiger partial charge is 0.295 e. The Morgan fingerprint density at radius 2 is 1.77 bits per heavy atom. The van der Waals surface area contributed by atoms with Crippen molar-refractivity contribution in [1.29, 1.82) is 0 Å². The van der Waals surface area contributed by atoms with Crippen LogP contribution in [0.25, 0.3) is 5.76 Å². The first-order valence-electron chi connectivity index (χ1n) is 9.47. The number of carbonyl (C=O) groups is 2. The molecular formula is C22H18Cl3NO4. The topological polar surface area (TPSA) is 66.8 Å². The molecule has 0 bridgehead atoms. The van der Waals surface area contributed by atoms with E-state index in [2.05, 4.69) is 0 Å². The second kappa shape index (κ2) is 8.60. The lowest BCUT2D eigenvalue weighted by atomic mass is 9.95. The SMILES string of the molecule is O=C1C(=O)N(C[C@H]2CCCO2)[C@@H](c2ccc(Cl)cc2Cl)C1=C(O)c1ccc(Cl)cc1. The first-order chi connectivity index (χ1) is 14.4. The van der Waals surface area contributed by atoms with Gasteiger partial charge >= 0.3 is 0 Å². The zero-order valence-electron chi connectivity index (χ0n) is 15.8. The van der Waals surface area contributed by atoms with E-state index < -0.39 is 17.7 Å². The summed E-state index contributed by atoms with van der Waals surface area (Å²) in [4.78, 5) is 27.4. The third-order valence-corrected chi connectivity index (χ3v) is 6.15. The molecule has 1 N–H and O–H groups in total. The molecule has 5 nitrogen and oxygen atoms in total. The molecular weight excluding hydrogens is 449 g/mol. The Labute approximate surface area is 188 Å². The maximum Gasteiger partial charge on any atom is 0.295 e. The summed E-state index contributed by atoms with van der Waals surface area (Å²) >= 11 is 18.4. The van der Waals surface area contributed by atoms with Crippen LogP contribution in [0.5, 0.6) is 0 Å². The number of ketones is 1. The van der Waals surface area contributed by atoms with E-state index in [1.54, 1.807) is 42.5 Å². The molecule has 0 aliphatic carbocycles. The second-order valence-electron chi connectivity index (χ2n) is 7.26. The fourth-order valence-corrected chi connectivity index (χ4v) is 4.52. The van der Waals surface area contributed by atoms with Crippen molar-refractivity contribution in [2.75, 3.05) is 13.2 Å². The zero-order chi connectivity index (χ0) is 21.4. The number of hydrogen-bond donors (Lipinski definition) is 1. The van der Waals surface area contributed by atoms with Crippen LogP contribution < -0.4 is 0 Å². The molecule has 30 heavy (non-hydrogen) atoms. The number of hydrogen-bond acceptors (Lipinski definition) is 4. The summed E-state index contributed by atoms with van der Waals surface area (Å²) < 4.78 is 5.67. The molecule has 0 spiro atoms. The summed E-state index contributed by atoms with van der Waals surface area (Å²) in [6.07, 6.45) is 1.51. The Kier molecular flexibility index (Phi) is 6.07. The van der Waals surface area contributed by atoms with Gasteiger partial charge in [-0.1, -0.05) is 40.9 Å². The van der Waals surface area contributed by atoms with Gasteiger partial charge < -0.3 is 14.7 Å². The van der Waals surface area contributed by atoms with E-state index in [4.69, 9.17) is 39.5 Å². The lowest BCUT2D eigenvalue weighted by molar-refractivity contribution is -0.140. The van der Waals surface area contributed by atoms with Crippen molar-refractivity contribution in [3.05, 3.63) is 74.2 Å². The fourth-order valence-electron chi connectivity index (χ4n) is 3.89. The number of aliphatic hydroxyl groups is 1. The van der Waals surface area contributed by atoms with Gasteiger partial charge in [-0.05, 0) is 54.8 Å². The van der Waals surface area contributed by atoms with E-state index >= 15 is 0 Å². The summed E-state index contributed by atoms with van der Waals surface area (Å²) in [5, 5.41) is 12.2. The zero-order valence-corrected chi connectivity index (χ0v) is 18.0. The maximum atomic E-state index is 13.0. The number of aliphatic hydroxyl groups excluding tert-OH is 1. The summed E-state index contributed by atoms with van der Waals surface area (Å²) in [5.74, 6) is -1.75. The number of amides is 1. The number of Topliss-reactive ketones (excluding diaryl/α,β-unsaturated/α-hetero) is 1. The molecule has 2 heterocycles. The molecule has 8 heteroatoms. The quantitative estimate of drug-likeness (QED) is 0.380. The van der Waals surface area contributed by atoms with Crippen molar-refractivity contribution in [1.82, 2.24) is 4.90 Å². The van der Waals surface area contributed by atoms with Crippen LogP contribution in [0.2, 0.25) is 15.1 Å². The van der Waals surface area contributed by atoms with Crippen LogP contribution in [0.1, 0.15) is 30.0 Å². The van der Waals surface area contributed by atoms with Crippen molar-refractivity contribution in [2.45, 2.75) is 25.0 Å². The van der Waals surface area contributed by atoms with Crippen LogP contribution in [0, 0.1) is 0 Å². The average molecular weight is 467 g/mol. The Balaban J connectivity index is 1.85. The third-order valence-electron chi connectivity index (χ3n) is 5.34. The number of benzene rings is 2. The van der Waals surface area contributed by atoms with Gasteiger partial charge in [-0.15, -0.1) is 0 Å². The highest BCUT2D eigenvalue weighted by Crippen LogP contribution is 2.43. The normalized spacial score (nSPS) is 23.4. The van der Waals surface area contributed by atoms with E-state index in [-0.39, 0.29) is 24.0 Å². The number of nitrogens with zero attached hydrogens (tertiary/aromatic N) is 1. The highest BCUT2D eigenvalue weighted by Gasteiger charge is 2.47. The molecule has 4 rings (SSSR count). The number of carbonyl (C=O) groups excluding carboxylic acids is 2. The van der Waals surface area contributed by atoms with Gasteiger partial charge in [0.1, 0.15) is 5.76 Å². The van der Waals surface area contributed by atoms with Crippen LogP contribution in [-0.2, 0) is 14.3 Å². The predicted octanol–water partition coefficient (Wildman–Crippen LogP) is 5.25. The molecule has 0 aromatic heterocycles. The molecule has 2 aromatic carbocycles. The van der Waals surface area contributed by atoms with Crippen LogP contribution in [0.15, 0.2) is 48.0 Å². The molecule has 2 atom stereocenters. The molecule has 1 amide bonds. The Morgan fingerprint density at radius 3 is 2.40 bits per heavy atom. The summed E-state index contributed by atoms with van der Waals surface area (Å²) in [7, 11) is 0. The van der Waals surface area contributed by atoms with Crippen molar-refractivity contribution < 1.29 is 19.4 Å². The predicted molar refractivity (Wildman–Crippen MR) is 116 cm³/mol. The minimum atomic E-state index is -0.852. The highest BCUT2D eigenvalue weighted by molar-refractivity contribution is 6.47. The molecule has 0 saturated carbocycles. The first-order valence-corrected chi connectivity index (χ1v) is 10.6. The standard InChI is InChI=1S/C22H18Cl3NO4/c23-13-5-3-12(4-6-13)20(27)18-19(16-8-7-14(24)10-17(16)25)26(22(29)21(18)28)11-15-2-1-9-30-15/h3-8,10,15,19,27H,1-2,9,11H2/t15-,19+/m1/s1. The van der Waals surface area contributed by atoms with Gasteiger partial charge in [0.05, 0.1) is 17.7 Å². The monoisotopic (exact) mass is 465 g/mol. The van der Waals surface area contributed by atoms with Crippen molar-refractivity contribution in [3.63, 3.8) is 0 Å². The van der Waals surface area contributed by atoms with Gasteiger partial charge in [0.25, 0.3) is 11.7 Å². The van der Waals surface area contributed by atoms with E-state index in [1.807, 2.05) is 0 Å². The van der Waals surface area contributed by atoms with Gasteiger partial charge in [0.15, 0.2) is 0 Å². The summed E-state index contributed by atoms with van der Waals surface area (Å²) in [5.41, 5.74) is 0.864. The first kappa shape index (κ1) is 21.2. The molecule has 2 aliphatic heterocycles. The maximum absolute atomic E-state index is 13.0. The molecule has 2 aliphatic rings. The van der Waals surface area contributed by atoms with Crippen molar-refractivity contribution in [2.24, 2.45) is 0 Å². The fraction of sp³-hybridized carbons (Fsp3) is 0.273. The van der Waals surface area contributed by atoms with E-state index in [1.165, 1.54) is 4.90 Å². The van der Waals surface area contributed by atoms with Gasteiger partial charge in [-0.3, -0.25) is 9.59 Å². The van der Waals surface area contributed by atoms with Crippen molar-refractivity contribution in [3.8, 4) is 0 Å². The van der Waals surface area contributed by atoms with Crippen LogP contribution in [0.4, 0.5) is 0 Å². The Morgan fingerprint density at radius 1 is 1.07 bits per heavy atom. The Bertz CT molecular complexity index is 1030. The average Bonchev–Trinajstić information content (AvgIpc) is 3.31. The number of rotatable bonds is 4. The molecule has 2 aromatic rings. The van der Waals surface area contributed by atoms with Crippen LogP contribution >= 0.6 is 34.8 Å². The largest absolute Gasteiger partial charge is 0.507 e. The van der Waals surface area contributed by atoms with Crippen LogP contribution in [-0.4, -0.2) is 41.0 Å². The van der Waals surface area contributed by atoms with Gasteiger partial charge in [0, 0.05) is 33.8 Å². The van der Waals surface area contributed by atoms with E-state index in [9.17, 15) is 14.7 Å². The van der Waals surface area contributed by atoms with Gasteiger partial charge in [-0.2, -0.15) is 0 Å². The lowest BCUT2D eigenvalue weighted by Gasteiger charge is -2.28. The number of halogens is 3. The number of likely N-dealkylation sites (tertiary alicyclic amines) is 1. The lowest BCUT2D eigenvalue weighted by Crippen LogP contribution is -2.36. The molecule has 156 valence electrons. The third kappa shape index (κ3) is 3.95. The van der Waals surface area contributed by atoms with E-state index in [0.29, 0.717) is 32.8 Å². The van der Waals surface area contributed by atoms with Gasteiger partial charge in [0.2, 0.25) is 0 Å². The minimum Gasteiger partial charge on any atom is -0.507 e.